The van der Waals surface area contributed by atoms with Crippen molar-refractivity contribution in [2.24, 2.45) is 0 Å². The molecule has 5 rings (SSSR count). The largest absolute Gasteiger partial charge is 0.269 e. The quantitative estimate of drug-likeness (QED) is 0.302. The Balaban J connectivity index is 1.36. The summed E-state index contributed by atoms with van der Waals surface area (Å²) >= 11 is 0. The molecular formula is C32H27NO3S. The van der Waals surface area contributed by atoms with Crippen molar-refractivity contribution in [2.75, 3.05) is 0 Å². The fourth-order valence-electron chi connectivity index (χ4n) is 4.74. The third kappa shape index (κ3) is 5.96. The van der Waals surface area contributed by atoms with Gasteiger partial charge in [-0.2, -0.15) is 0 Å². The van der Waals surface area contributed by atoms with Crippen molar-refractivity contribution in [1.29, 1.82) is 0 Å². The highest BCUT2D eigenvalue weighted by atomic mass is 32.2. The first-order chi connectivity index (χ1) is 18.0. The van der Waals surface area contributed by atoms with Gasteiger partial charge >= 0.3 is 0 Å². The van der Waals surface area contributed by atoms with Gasteiger partial charge in [-0.25, -0.2) is 13.1 Å². The normalized spacial score (nSPS) is 13.4. The Labute approximate surface area is 218 Å². The van der Waals surface area contributed by atoms with Crippen LogP contribution in [0.4, 0.5) is 0 Å². The zero-order valence-corrected chi connectivity index (χ0v) is 21.1. The molecule has 0 radical (unpaired) electrons. The molecule has 1 aliphatic carbocycles. The van der Waals surface area contributed by atoms with Crippen LogP contribution in [0.15, 0.2) is 115 Å². The Hall–Kier alpha value is -4.22. The SMILES string of the molecule is O=C(/C=C/c1ccc(C2=C(c3ccccc3)CCc3ccccc32)cc1)NS(=O)(=O)Cc1ccccc1. The predicted octanol–water partition coefficient (Wildman–Crippen LogP) is 6.25. The molecule has 184 valence electrons. The van der Waals surface area contributed by atoms with Gasteiger partial charge in [0, 0.05) is 6.08 Å². The van der Waals surface area contributed by atoms with Crippen LogP contribution in [0.1, 0.15) is 39.8 Å². The maximum Gasteiger partial charge on any atom is 0.257 e. The number of carbonyl (C=O) groups excluding carboxylic acids is 1. The monoisotopic (exact) mass is 505 g/mol. The van der Waals surface area contributed by atoms with Crippen LogP contribution in [-0.4, -0.2) is 14.3 Å². The highest BCUT2D eigenvalue weighted by Crippen LogP contribution is 2.40. The maximum atomic E-state index is 12.3. The second-order valence-corrected chi connectivity index (χ2v) is 10.8. The maximum absolute atomic E-state index is 12.3. The topological polar surface area (TPSA) is 63.2 Å². The standard InChI is InChI=1S/C32H27NO3S/c34-31(33-37(35,36)23-25-9-3-1-4-10-25)22-17-24-15-18-28(19-16-24)32-29-14-8-7-13-27(29)20-21-30(32)26-11-5-2-6-12-26/h1-19,22H,20-21,23H2,(H,33,34)/b22-17+. The molecule has 0 unspecified atom stereocenters. The zero-order valence-electron chi connectivity index (χ0n) is 20.3. The van der Waals surface area contributed by atoms with E-state index in [-0.39, 0.29) is 5.75 Å². The average molecular weight is 506 g/mol. The Morgan fingerprint density at radius 1 is 0.730 bits per heavy atom. The first-order valence-electron chi connectivity index (χ1n) is 12.2. The van der Waals surface area contributed by atoms with Crippen LogP contribution in [0.2, 0.25) is 0 Å². The molecule has 4 aromatic carbocycles. The summed E-state index contributed by atoms with van der Waals surface area (Å²) in [4.78, 5) is 12.3. The minimum absolute atomic E-state index is 0.248. The van der Waals surface area contributed by atoms with Crippen molar-refractivity contribution < 1.29 is 13.2 Å². The minimum Gasteiger partial charge on any atom is -0.269 e. The summed E-state index contributed by atoms with van der Waals surface area (Å²) < 4.78 is 26.7. The second-order valence-electron chi connectivity index (χ2n) is 9.04. The summed E-state index contributed by atoms with van der Waals surface area (Å²) in [7, 11) is -3.78. The van der Waals surface area contributed by atoms with Gasteiger partial charge in [-0.15, -0.1) is 0 Å². The van der Waals surface area contributed by atoms with E-state index in [0.717, 1.165) is 24.0 Å². The van der Waals surface area contributed by atoms with Gasteiger partial charge in [0.25, 0.3) is 5.91 Å². The van der Waals surface area contributed by atoms with E-state index in [9.17, 15) is 13.2 Å². The fraction of sp³-hybridized carbons (Fsp3) is 0.0938. The van der Waals surface area contributed by atoms with Crippen LogP contribution in [-0.2, 0) is 27.0 Å². The molecule has 1 amide bonds. The van der Waals surface area contributed by atoms with Gasteiger partial charge in [-0.05, 0) is 63.4 Å². The lowest BCUT2D eigenvalue weighted by Gasteiger charge is -2.24. The van der Waals surface area contributed by atoms with Crippen LogP contribution in [0.5, 0.6) is 0 Å². The molecule has 0 fully saturated rings. The van der Waals surface area contributed by atoms with E-state index in [4.69, 9.17) is 0 Å². The molecule has 0 bridgehead atoms. The summed E-state index contributed by atoms with van der Waals surface area (Å²) in [5.74, 6) is -0.919. The number of nitrogens with one attached hydrogen (secondary N) is 1. The van der Waals surface area contributed by atoms with Crippen LogP contribution >= 0.6 is 0 Å². The zero-order chi connectivity index (χ0) is 25.7. The van der Waals surface area contributed by atoms with Crippen molar-refractivity contribution in [3.8, 4) is 0 Å². The van der Waals surface area contributed by atoms with E-state index >= 15 is 0 Å². The highest BCUT2D eigenvalue weighted by molar-refractivity contribution is 7.89. The predicted molar refractivity (Wildman–Crippen MR) is 150 cm³/mol. The van der Waals surface area contributed by atoms with Gasteiger partial charge in [0.05, 0.1) is 5.75 Å². The van der Waals surface area contributed by atoms with Gasteiger partial charge in [0.15, 0.2) is 0 Å². The minimum atomic E-state index is -3.78. The first-order valence-corrected chi connectivity index (χ1v) is 13.9. The molecule has 0 spiro atoms. The lowest BCUT2D eigenvalue weighted by Crippen LogP contribution is -2.30. The van der Waals surface area contributed by atoms with Gasteiger partial charge in [0.1, 0.15) is 0 Å². The summed E-state index contributed by atoms with van der Waals surface area (Å²) in [6.07, 6.45) is 4.85. The molecule has 5 heteroatoms. The Morgan fingerprint density at radius 3 is 2.11 bits per heavy atom. The molecule has 0 saturated carbocycles. The van der Waals surface area contributed by atoms with Crippen molar-refractivity contribution >= 4 is 33.2 Å². The lowest BCUT2D eigenvalue weighted by atomic mass is 9.79. The number of hydrogen-bond acceptors (Lipinski definition) is 3. The highest BCUT2D eigenvalue weighted by Gasteiger charge is 2.21. The summed E-state index contributed by atoms with van der Waals surface area (Å²) in [6.45, 7) is 0. The third-order valence-corrected chi connectivity index (χ3v) is 7.66. The number of hydrogen-bond donors (Lipinski definition) is 1. The molecule has 0 aromatic heterocycles. The number of aryl methyl sites for hydroxylation is 1. The molecular weight excluding hydrogens is 478 g/mol. The molecule has 1 aliphatic rings. The summed E-state index contributed by atoms with van der Waals surface area (Å²) in [5.41, 5.74) is 8.91. The number of sulfonamides is 1. The lowest BCUT2D eigenvalue weighted by molar-refractivity contribution is -0.114. The van der Waals surface area contributed by atoms with E-state index in [1.807, 2.05) is 24.3 Å². The van der Waals surface area contributed by atoms with Crippen molar-refractivity contribution in [3.63, 3.8) is 0 Å². The molecule has 0 saturated heterocycles. The molecule has 0 heterocycles. The van der Waals surface area contributed by atoms with Crippen LogP contribution in [0.25, 0.3) is 17.2 Å². The molecule has 1 N–H and O–H groups in total. The van der Waals surface area contributed by atoms with Gasteiger partial charge in [0.2, 0.25) is 10.0 Å². The molecule has 4 aromatic rings. The van der Waals surface area contributed by atoms with E-state index in [2.05, 4.69) is 65.4 Å². The number of carbonyl (C=O) groups is 1. The first kappa shape index (κ1) is 24.5. The van der Waals surface area contributed by atoms with Crippen LogP contribution in [0.3, 0.4) is 0 Å². The van der Waals surface area contributed by atoms with Crippen molar-refractivity contribution in [2.45, 2.75) is 18.6 Å². The number of rotatable bonds is 7. The Bertz CT molecular complexity index is 1570. The number of fused-ring (bicyclic) bond motifs is 1. The Morgan fingerprint density at radius 2 is 1.38 bits per heavy atom. The number of benzene rings is 4. The average Bonchev–Trinajstić information content (AvgIpc) is 2.92. The van der Waals surface area contributed by atoms with Crippen molar-refractivity contribution in [3.05, 3.63) is 149 Å². The summed E-state index contributed by atoms with van der Waals surface area (Å²) in [6, 6.07) is 35.8. The van der Waals surface area contributed by atoms with E-state index < -0.39 is 15.9 Å². The molecule has 0 atom stereocenters. The molecule has 0 aliphatic heterocycles. The van der Waals surface area contributed by atoms with E-state index in [1.54, 1.807) is 30.3 Å². The van der Waals surface area contributed by atoms with Gasteiger partial charge < -0.3 is 0 Å². The van der Waals surface area contributed by atoms with E-state index in [1.165, 1.54) is 33.9 Å². The number of amides is 1. The van der Waals surface area contributed by atoms with Crippen LogP contribution < -0.4 is 4.72 Å². The van der Waals surface area contributed by atoms with Crippen molar-refractivity contribution in [1.82, 2.24) is 4.72 Å². The molecule has 4 nitrogen and oxygen atoms in total. The third-order valence-electron chi connectivity index (χ3n) is 6.44. The molecule has 37 heavy (non-hydrogen) atoms. The van der Waals surface area contributed by atoms with Gasteiger partial charge in [-0.1, -0.05) is 109 Å². The van der Waals surface area contributed by atoms with Gasteiger partial charge in [-0.3, -0.25) is 4.79 Å². The fourth-order valence-corrected chi connectivity index (χ4v) is 5.82. The smallest absolute Gasteiger partial charge is 0.257 e. The van der Waals surface area contributed by atoms with E-state index in [0.29, 0.717) is 5.56 Å². The Kier molecular flexibility index (Phi) is 7.15. The van der Waals surface area contributed by atoms with Crippen LogP contribution in [0, 0.1) is 0 Å². The summed E-state index contributed by atoms with van der Waals surface area (Å²) in [5, 5.41) is 0. The number of allylic oxidation sites excluding steroid dienone is 1. The second kappa shape index (κ2) is 10.8.